The van der Waals surface area contributed by atoms with E-state index in [1.54, 1.807) is 43.3 Å². The molecule has 0 radical (unpaired) electrons. The molecule has 0 aliphatic carbocycles. The van der Waals surface area contributed by atoms with Crippen molar-refractivity contribution in [3.63, 3.8) is 0 Å². The summed E-state index contributed by atoms with van der Waals surface area (Å²) < 4.78 is 19.1. The third-order valence-corrected chi connectivity index (χ3v) is 4.25. The maximum absolute atomic E-state index is 14.2. The molecule has 2 atom stereocenters. The molecule has 0 aliphatic rings. The monoisotopic (exact) mass is 359 g/mol. The van der Waals surface area contributed by atoms with E-state index in [1.165, 1.54) is 13.2 Å². The summed E-state index contributed by atoms with van der Waals surface area (Å²) in [6.45, 7) is 1.54. The number of carbonyl (C=O) groups is 2. The number of hydrogen-bond donors (Lipinski definition) is 2. The van der Waals surface area contributed by atoms with Gasteiger partial charge in [-0.25, -0.2) is 4.39 Å². The van der Waals surface area contributed by atoms with Crippen molar-refractivity contribution in [2.75, 3.05) is 7.11 Å². The van der Waals surface area contributed by atoms with Crippen LogP contribution < -0.4 is 10.1 Å². The lowest BCUT2D eigenvalue weighted by Crippen LogP contribution is -2.35. The summed E-state index contributed by atoms with van der Waals surface area (Å²) in [7, 11) is 1.38. The zero-order valence-corrected chi connectivity index (χ0v) is 14.7. The van der Waals surface area contributed by atoms with Crippen LogP contribution in [0.3, 0.4) is 0 Å². The second kappa shape index (κ2) is 8.99. The second-order valence-electron chi connectivity index (χ2n) is 6.02. The molecule has 2 aromatic rings. The Labute approximate surface area is 151 Å². The van der Waals surface area contributed by atoms with Gasteiger partial charge in [-0.05, 0) is 30.5 Å². The summed E-state index contributed by atoms with van der Waals surface area (Å²) >= 11 is 0. The van der Waals surface area contributed by atoms with Gasteiger partial charge in [0.2, 0.25) is 5.91 Å². The standard InChI is InChI=1S/C20H22FNO4/c1-13(20(24)25)19(15-7-4-3-5-8-15)22-17(23)12-11-14-9-6-10-16(26-2)18(14)21/h3-10,13,19H,11-12H2,1-2H3,(H,22,23)(H,24,25). The van der Waals surface area contributed by atoms with Crippen LogP contribution in [0, 0.1) is 11.7 Å². The first-order valence-electron chi connectivity index (χ1n) is 8.32. The summed E-state index contributed by atoms with van der Waals surface area (Å²) in [6.07, 6.45) is 0.234. The molecule has 0 aliphatic heterocycles. The smallest absolute Gasteiger partial charge is 0.308 e. The van der Waals surface area contributed by atoms with Crippen LogP contribution in [0.2, 0.25) is 0 Å². The minimum absolute atomic E-state index is 0.0414. The van der Waals surface area contributed by atoms with Gasteiger partial charge in [0.1, 0.15) is 0 Å². The van der Waals surface area contributed by atoms with E-state index in [0.717, 1.165) is 0 Å². The van der Waals surface area contributed by atoms with Crippen molar-refractivity contribution >= 4 is 11.9 Å². The highest BCUT2D eigenvalue weighted by molar-refractivity contribution is 5.78. The number of ether oxygens (including phenoxy) is 1. The van der Waals surface area contributed by atoms with E-state index in [9.17, 15) is 19.1 Å². The highest BCUT2D eigenvalue weighted by Gasteiger charge is 2.26. The largest absolute Gasteiger partial charge is 0.494 e. The molecule has 26 heavy (non-hydrogen) atoms. The topological polar surface area (TPSA) is 75.6 Å². The molecule has 1 amide bonds. The molecule has 0 fully saturated rings. The number of rotatable bonds is 8. The number of aryl methyl sites for hydroxylation is 1. The maximum atomic E-state index is 14.2. The summed E-state index contributed by atoms with van der Waals surface area (Å²) in [5.74, 6) is -2.49. The molecule has 5 nitrogen and oxygen atoms in total. The lowest BCUT2D eigenvalue weighted by Gasteiger charge is -2.23. The van der Waals surface area contributed by atoms with Crippen molar-refractivity contribution < 1.29 is 23.8 Å². The molecule has 2 unspecified atom stereocenters. The van der Waals surface area contributed by atoms with Gasteiger partial charge >= 0.3 is 5.97 Å². The fraction of sp³-hybridized carbons (Fsp3) is 0.300. The number of carboxylic acids is 1. The highest BCUT2D eigenvalue weighted by atomic mass is 19.1. The van der Waals surface area contributed by atoms with Crippen molar-refractivity contribution in [2.24, 2.45) is 5.92 Å². The number of aliphatic carboxylic acids is 1. The van der Waals surface area contributed by atoms with Crippen LogP contribution in [0.25, 0.3) is 0 Å². The Morgan fingerprint density at radius 1 is 1.15 bits per heavy atom. The number of halogens is 1. The van der Waals surface area contributed by atoms with Crippen molar-refractivity contribution in [1.82, 2.24) is 5.32 Å². The predicted molar refractivity (Wildman–Crippen MR) is 95.4 cm³/mol. The second-order valence-corrected chi connectivity index (χ2v) is 6.02. The molecule has 0 saturated heterocycles. The Bertz CT molecular complexity index is 764. The third-order valence-electron chi connectivity index (χ3n) is 4.25. The van der Waals surface area contributed by atoms with Gasteiger partial charge in [-0.2, -0.15) is 0 Å². The Morgan fingerprint density at radius 2 is 1.85 bits per heavy atom. The average Bonchev–Trinajstić information content (AvgIpc) is 2.65. The normalized spacial score (nSPS) is 12.9. The number of benzene rings is 2. The molecule has 2 N–H and O–H groups in total. The molecular weight excluding hydrogens is 337 g/mol. The van der Waals surface area contributed by atoms with Gasteiger partial charge in [-0.15, -0.1) is 0 Å². The number of carboxylic acid groups (broad SMARTS) is 1. The maximum Gasteiger partial charge on any atom is 0.308 e. The highest BCUT2D eigenvalue weighted by Crippen LogP contribution is 2.23. The van der Waals surface area contributed by atoms with Gasteiger partial charge in [0.25, 0.3) is 0 Å². The van der Waals surface area contributed by atoms with Gasteiger partial charge < -0.3 is 15.2 Å². The van der Waals surface area contributed by atoms with Crippen LogP contribution >= 0.6 is 0 Å². The van der Waals surface area contributed by atoms with E-state index in [-0.39, 0.29) is 24.5 Å². The van der Waals surface area contributed by atoms with Crippen LogP contribution in [-0.4, -0.2) is 24.1 Å². The van der Waals surface area contributed by atoms with Gasteiger partial charge in [0.05, 0.1) is 19.1 Å². The third kappa shape index (κ3) is 4.81. The summed E-state index contributed by atoms with van der Waals surface area (Å²) in [4.78, 5) is 23.7. The van der Waals surface area contributed by atoms with Gasteiger partial charge in [0, 0.05) is 6.42 Å². The van der Waals surface area contributed by atoms with Crippen molar-refractivity contribution in [2.45, 2.75) is 25.8 Å². The lowest BCUT2D eigenvalue weighted by atomic mass is 9.94. The van der Waals surface area contributed by atoms with Gasteiger partial charge in [0.15, 0.2) is 11.6 Å². The van der Waals surface area contributed by atoms with Crippen LogP contribution in [0.15, 0.2) is 48.5 Å². The lowest BCUT2D eigenvalue weighted by molar-refractivity contribution is -0.142. The van der Waals surface area contributed by atoms with E-state index in [2.05, 4.69) is 5.32 Å². The Morgan fingerprint density at radius 3 is 2.46 bits per heavy atom. The molecule has 0 heterocycles. The first kappa shape index (κ1) is 19.4. The zero-order chi connectivity index (χ0) is 19.1. The number of methoxy groups -OCH3 is 1. The summed E-state index contributed by atoms with van der Waals surface area (Å²) in [5, 5.41) is 12.1. The van der Waals surface area contributed by atoms with E-state index < -0.39 is 23.7 Å². The number of amides is 1. The molecule has 6 heteroatoms. The van der Waals surface area contributed by atoms with E-state index in [0.29, 0.717) is 11.1 Å². The molecule has 0 spiro atoms. The molecule has 2 rings (SSSR count). The molecule has 2 aromatic carbocycles. The summed E-state index contributed by atoms with van der Waals surface area (Å²) in [5.41, 5.74) is 1.09. The number of nitrogens with one attached hydrogen (secondary N) is 1. The Hall–Kier alpha value is -2.89. The molecular formula is C20H22FNO4. The van der Waals surface area contributed by atoms with Gasteiger partial charge in [-0.1, -0.05) is 42.5 Å². The van der Waals surface area contributed by atoms with Crippen LogP contribution in [-0.2, 0) is 16.0 Å². The first-order chi connectivity index (χ1) is 12.4. The van der Waals surface area contributed by atoms with Crippen LogP contribution in [0.5, 0.6) is 5.75 Å². The minimum atomic E-state index is -1.00. The van der Waals surface area contributed by atoms with E-state index in [1.807, 2.05) is 6.07 Å². The SMILES string of the molecule is COc1cccc(CCC(=O)NC(c2ccccc2)C(C)C(=O)O)c1F. The Balaban J connectivity index is 2.07. The first-order valence-corrected chi connectivity index (χ1v) is 8.32. The number of hydrogen-bond acceptors (Lipinski definition) is 3. The Kier molecular flexibility index (Phi) is 6.72. The van der Waals surface area contributed by atoms with Crippen molar-refractivity contribution in [3.05, 3.63) is 65.5 Å². The summed E-state index contributed by atoms with van der Waals surface area (Å²) in [6, 6.07) is 13.0. The van der Waals surface area contributed by atoms with Crippen LogP contribution in [0.1, 0.15) is 30.5 Å². The number of carbonyl (C=O) groups excluding carboxylic acids is 1. The van der Waals surface area contributed by atoms with E-state index in [4.69, 9.17) is 4.74 Å². The fourth-order valence-electron chi connectivity index (χ4n) is 2.70. The molecule has 138 valence electrons. The van der Waals surface area contributed by atoms with Gasteiger partial charge in [-0.3, -0.25) is 9.59 Å². The predicted octanol–water partition coefficient (Wildman–Crippen LogP) is 3.35. The molecule has 0 bridgehead atoms. The van der Waals surface area contributed by atoms with Crippen molar-refractivity contribution in [1.29, 1.82) is 0 Å². The quantitative estimate of drug-likeness (QED) is 0.758. The van der Waals surface area contributed by atoms with Crippen molar-refractivity contribution in [3.8, 4) is 5.75 Å². The fourth-order valence-corrected chi connectivity index (χ4v) is 2.70. The molecule has 0 aromatic heterocycles. The average molecular weight is 359 g/mol. The van der Waals surface area contributed by atoms with Crippen LogP contribution in [0.4, 0.5) is 4.39 Å². The molecule has 0 saturated carbocycles. The van der Waals surface area contributed by atoms with E-state index >= 15 is 0 Å². The minimum Gasteiger partial charge on any atom is -0.494 e. The zero-order valence-electron chi connectivity index (χ0n) is 14.7.